The van der Waals surface area contributed by atoms with E-state index in [1.165, 1.54) is 17.3 Å². The van der Waals surface area contributed by atoms with Crippen molar-refractivity contribution in [3.05, 3.63) is 53.6 Å². The number of amidine groups is 1. The standard InChI is InChI=1S/C22H25N3O3S/c1-4-11-28-18-8-6-5-7-17(18)24-20(26)13-19-21(27)25-22(29-19)23-16-10-9-14(2)15(3)12-16/h5-10,12,19H,4,11,13H2,1-3H3,(H,24,26)(H,23,25,27)/t19-/m1/s1. The van der Waals surface area contributed by atoms with E-state index in [1.807, 2.05) is 57.2 Å². The van der Waals surface area contributed by atoms with Gasteiger partial charge in [0.1, 0.15) is 11.0 Å². The molecular formula is C22H25N3O3S. The smallest absolute Gasteiger partial charge is 0.240 e. The number of nitrogens with one attached hydrogen (secondary N) is 2. The van der Waals surface area contributed by atoms with Crippen LogP contribution in [-0.2, 0) is 9.59 Å². The Bertz CT molecular complexity index is 943. The lowest BCUT2D eigenvalue weighted by molar-refractivity contribution is -0.122. The predicted octanol–water partition coefficient (Wildman–Crippen LogP) is 4.34. The maximum absolute atomic E-state index is 12.5. The van der Waals surface area contributed by atoms with Gasteiger partial charge in [-0.25, -0.2) is 4.99 Å². The number of carbonyl (C=O) groups is 2. The van der Waals surface area contributed by atoms with Crippen LogP contribution in [0.1, 0.15) is 30.9 Å². The van der Waals surface area contributed by atoms with Gasteiger partial charge in [0.15, 0.2) is 5.17 Å². The van der Waals surface area contributed by atoms with Crippen LogP contribution >= 0.6 is 11.8 Å². The molecule has 1 saturated heterocycles. The van der Waals surface area contributed by atoms with Gasteiger partial charge in [-0.2, -0.15) is 0 Å². The lowest BCUT2D eigenvalue weighted by Crippen LogP contribution is -2.28. The molecule has 1 heterocycles. The average Bonchev–Trinajstić information content (AvgIpc) is 3.02. The highest BCUT2D eigenvalue weighted by Crippen LogP contribution is 2.28. The van der Waals surface area contributed by atoms with Gasteiger partial charge < -0.3 is 15.4 Å². The molecule has 6 nitrogen and oxygen atoms in total. The predicted molar refractivity (Wildman–Crippen MR) is 118 cm³/mol. The Balaban J connectivity index is 1.62. The van der Waals surface area contributed by atoms with Crippen LogP contribution in [0.15, 0.2) is 47.5 Å². The molecule has 3 rings (SSSR count). The summed E-state index contributed by atoms with van der Waals surface area (Å²) in [5.74, 6) is 0.184. The van der Waals surface area contributed by atoms with Crippen LogP contribution in [0.25, 0.3) is 0 Å². The SMILES string of the molecule is CCCOc1ccccc1NC(=O)C[C@H]1SC(=Nc2ccc(C)c(C)c2)NC1=O. The second-order valence-electron chi connectivity index (χ2n) is 6.88. The van der Waals surface area contributed by atoms with E-state index in [0.717, 1.165) is 17.7 Å². The van der Waals surface area contributed by atoms with Gasteiger partial charge in [0.2, 0.25) is 11.8 Å². The van der Waals surface area contributed by atoms with Crippen LogP contribution in [0.3, 0.4) is 0 Å². The Morgan fingerprint density at radius 3 is 2.76 bits per heavy atom. The summed E-state index contributed by atoms with van der Waals surface area (Å²) in [5, 5.41) is 5.62. The topological polar surface area (TPSA) is 79.8 Å². The molecule has 0 radical (unpaired) electrons. The van der Waals surface area contributed by atoms with Gasteiger partial charge in [0.25, 0.3) is 0 Å². The number of thioether (sulfide) groups is 1. The van der Waals surface area contributed by atoms with Gasteiger partial charge in [-0.15, -0.1) is 0 Å². The molecule has 29 heavy (non-hydrogen) atoms. The molecule has 0 bridgehead atoms. The molecule has 0 spiro atoms. The van der Waals surface area contributed by atoms with Crippen LogP contribution in [0.5, 0.6) is 5.75 Å². The monoisotopic (exact) mass is 411 g/mol. The lowest BCUT2D eigenvalue weighted by atomic mass is 10.1. The number of aryl methyl sites for hydroxylation is 2. The second-order valence-corrected chi connectivity index (χ2v) is 8.07. The molecular weight excluding hydrogens is 386 g/mol. The van der Waals surface area contributed by atoms with Crippen LogP contribution < -0.4 is 15.4 Å². The van der Waals surface area contributed by atoms with E-state index in [4.69, 9.17) is 4.74 Å². The molecule has 0 aromatic heterocycles. The van der Waals surface area contributed by atoms with Crippen molar-refractivity contribution in [3.63, 3.8) is 0 Å². The molecule has 1 aliphatic rings. The van der Waals surface area contributed by atoms with E-state index in [-0.39, 0.29) is 18.2 Å². The number of ether oxygens (including phenoxy) is 1. The Hall–Kier alpha value is -2.80. The van der Waals surface area contributed by atoms with Crippen LogP contribution in [0.4, 0.5) is 11.4 Å². The van der Waals surface area contributed by atoms with Gasteiger partial charge in [-0.1, -0.05) is 36.9 Å². The average molecular weight is 412 g/mol. The van der Waals surface area contributed by atoms with Crippen LogP contribution in [0.2, 0.25) is 0 Å². The van der Waals surface area contributed by atoms with E-state index in [2.05, 4.69) is 15.6 Å². The fraction of sp³-hybridized carbons (Fsp3) is 0.318. The van der Waals surface area contributed by atoms with Crippen molar-refractivity contribution in [2.75, 3.05) is 11.9 Å². The van der Waals surface area contributed by atoms with Gasteiger partial charge in [-0.3, -0.25) is 9.59 Å². The summed E-state index contributed by atoms with van der Waals surface area (Å²) in [7, 11) is 0. The summed E-state index contributed by atoms with van der Waals surface area (Å²) < 4.78 is 5.66. The number of anilines is 1. The van der Waals surface area contributed by atoms with Crippen molar-refractivity contribution in [2.45, 2.75) is 38.9 Å². The molecule has 2 aromatic rings. The summed E-state index contributed by atoms with van der Waals surface area (Å²) in [6, 6.07) is 13.2. The van der Waals surface area contributed by atoms with Crippen LogP contribution in [0, 0.1) is 13.8 Å². The van der Waals surface area contributed by atoms with Crippen molar-refractivity contribution in [1.82, 2.24) is 5.32 Å². The second kappa shape index (κ2) is 9.60. The normalized spacial score (nSPS) is 17.3. The van der Waals surface area contributed by atoms with Crippen molar-refractivity contribution in [3.8, 4) is 5.75 Å². The van der Waals surface area contributed by atoms with Crippen LogP contribution in [-0.4, -0.2) is 28.8 Å². The van der Waals surface area contributed by atoms with E-state index in [1.54, 1.807) is 6.07 Å². The largest absolute Gasteiger partial charge is 0.491 e. The number of nitrogens with zero attached hydrogens (tertiary/aromatic N) is 1. The molecule has 0 saturated carbocycles. The maximum atomic E-state index is 12.5. The molecule has 0 aliphatic carbocycles. The highest BCUT2D eigenvalue weighted by Gasteiger charge is 2.32. The molecule has 2 aromatic carbocycles. The molecule has 0 unspecified atom stereocenters. The molecule has 1 aliphatic heterocycles. The Labute approximate surface area is 175 Å². The fourth-order valence-corrected chi connectivity index (χ4v) is 3.77. The minimum absolute atomic E-state index is 0.0601. The first-order valence-electron chi connectivity index (χ1n) is 9.61. The van der Waals surface area contributed by atoms with Gasteiger partial charge in [0, 0.05) is 6.42 Å². The van der Waals surface area contributed by atoms with E-state index in [0.29, 0.717) is 23.2 Å². The van der Waals surface area contributed by atoms with Gasteiger partial charge in [0.05, 0.1) is 18.0 Å². The Morgan fingerprint density at radius 1 is 1.21 bits per heavy atom. The number of para-hydroxylation sites is 2. The summed E-state index contributed by atoms with van der Waals surface area (Å²) in [5.41, 5.74) is 3.72. The van der Waals surface area contributed by atoms with Crippen molar-refractivity contribution in [2.24, 2.45) is 4.99 Å². The summed E-state index contributed by atoms with van der Waals surface area (Å²) >= 11 is 1.28. The quantitative estimate of drug-likeness (QED) is 0.710. The number of benzene rings is 2. The highest BCUT2D eigenvalue weighted by atomic mass is 32.2. The molecule has 7 heteroatoms. The molecule has 1 atom stereocenters. The molecule has 1 fully saturated rings. The summed E-state index contributed by atoms with van der Waals surface area (Å²) in [6.07, 6.45) is 0.939. The fourth-order valence-electron chi connectivity index (χ4n) is 2.78. The third kappa shape index (κ3) is 5.60. The molecule has 2 N–H and O–H groups in total. The third-order valence-electron chi connectivity index (χ3n) is 4.49. The zero-order chi connectivity index (χ0) is 20.8. The molecule has 152 valence electrons. The highest BCUT2D eigenvalue weighted by molar-refractivity contribution is 8.15. The van der Waals surface area contributed by atoms with E-state index in [9.17, 15) is 9.59 Å². The zero-order valence-electron chi connectivity index (χ0n) is 16.8. The Morgan fingerprint density at radius 2 is 2.00 bits per heavy atom. The molecule has 2 amide bonds. The van der Waals surface area contributed by atoms with Crippen molar-refractivity contribution < 1.29 is 14.3 Å². The first-order valence-corrected chi connectivity index (χ1v) is 10.5. The number of hydrogen-bond acceptors (Lipinski definition) is 5. The van der Waals surface area contributed by atoms with E-state index >= 15 is 0 Å². The summed E-state index contributed by atoms with van der Waals surface area (Å²) in [4.78, 5) is 29.3. The number of amides is 2. The lowest BCUT2D eigenvalue weighted by Gasteiger charge is -2.12. The van der Waals surface area contributed by atoms with Crippen molar-refractivity contribution >= 4 is 40.1 Å². The third-order valence-corrected chi connectivity index (χ3v) is 5.57. The maximum Gasteiger partial charge on any atom is 0.240 e. The van der Waals surface area contributed by atoms with E-state index < -0.39 is 5.25 Å². The number of aliphatic imine (C=N–C) groups is 1. The zero-order valence-corrected chi connectivity index (χ0v) is 17.6. The first kappa shape index (κ1) is 20.9. The Kier molecular flexibility index (Phi) is 6.93. The first-order chi connectivity index (χ1) is 14.0. The van der Waals surface area contributed by atoms with Crippen molar-refractivity contribution in [1.29, 1.82) is 0 Å². The summed E-state index contributed by atoms with van der Waals surface area (Å²) in [6.45, 7) is 6.66. The number of rotatable bonds is 7. The number of hydrogen-bond donors (Lipinski definition) is 2. The minimum atomic E-state index is -0.510. The van der Waals surface area contributed by atoms with Gasteiger partial charge in [-0.05, 0) is 55.7 Å². The minimum Gasteiger partial charge on any atom is -0.491 e. The number of carbonyl (C=O) groups excluding carboxylic acids is 2. The van der Waals surface area contributed by atoms with Gasteiger partial charge >= 0.3 is 0 Å².